The summed E-state index contributed by atoms with van der Waals surface area (Å²) in [6.45, 7) is 1.03. The molecular formula is C11H19N3O5S. The van der Waals surface area contributed by atoms with Crippen LogP contribution in [0.15, 0.2) is 0 Å². The van der Waals surface area contributed by atoms with E-state index in [0.29, 0.717) is 0 Å². The second-order valence-corrected chi connectivity index (χ2v) is 7.23. The molecule has 1 aliphatic heterocycles. The van der Waals surface area contributed by atoms with E-state index in [9.17, 15) is 18.0 Å². The molecule has 1 atom stereocenters. The van der Waals surface area contributed by atoms with Crippen LogP contribution in [0.5, 0.6) is 0 Å². The third-order valence-corrected chi connectivity index (χ3v) is 4.94. The molecule has 0 aromatic rings. The lowest BCUT2D eigenvalue weighted by molar-refractivity contribution is -0.139. The number of carbonyl (C=O) groups excluding carboxylic acids is 1. The summed E-state index contributed by atoms with van der Waals surface area (Å²) in [6.07, 6.45) is 2.77. The monoisotopic (exact) mass is 305 g/mol. The van der Waals surface area contributed by atoms with Gasteiger partial charge in [0.15, 0.2) is 0 Å². The number of amides is 2. The van der Waals surface area contributed by atoms with Crippen molar-refractivity contribution in [2.45, 2.75) is 18.9 Å². The highest BCUT2D eigenvalue weighted by molar-refractivity contribution is 7.88. The van der Waals surface area contributed by atoms with E-state index < -0.39 is 28.1 Å². The molecule has 1 aliphatic carbocycles. The summed E-state index contributed by atoms with van der Waals surface area (Å²) in [7, 11) is -3.23. The Labute approximate surface area is 117 Å². The Morgan fingerprint density at radius 2 is 1.75 bits per heavy atom. The highest BCUT2D eigenvalue weighted by atomic mass is 32.2. The Bertz CT molecular complexity index is 494. The van der Waals surface area contributed by atoms with Gasteiger partial charge in [0.25, 0.3) is 0 Å². The van der Waals surface area contributed by atoms with Crippen LogP contribution in [0, 0.1) is 5.92 Å². The molecule has 8 nitrogen and oxygen atoms in total. The number of hydrogen-bond donors (Lipinski definition) is 2. The maximum Gasteiger partial charge on any atom is 0.326 e. The van der Waals surface area contributed by atoms with Gasteiger partial charge in [-0.15, -0.1) is 0 Å². The maximum absolute atomic E-state index is 12.0. The second kappa shape index (κ2) is 5.57. The van der Waals surface area contributed by atoms with Crippen LogP contribution in [-0.2, 0) is 14.8 Å². The first-order chi connectivity index (χ1) is 9.29. The summed E-state index contributed by atoms with van der Waals surface area (Å²) in [4.78, 5) is 24.5. The van der Waals surface area contributed by atoms with E-state index >= 15 is 0 Å². The Hall–Kier alpha value is -1.35. The van der Waals surface area contributed by atoms with Gasteiger partial charge in [0, 0.05) is 26.2 Å². The van der Waals surface area contributed by atoms with Gasteiger partial charge >= 0.3 is 12.0 Å². The molecule has 2 fully saturated rings. The van der Waals surface area contributed by atoms with Crippen molar-refractivity contribution in [1.29, 1.82) is 0 Å². The molecule has 20 heavy (non-hydrogen) atoms. The van der Waals surface area contributed by atoms with Gasteiger partial charge in [-0.3, -0.25) is 0 Å². The number of nitrogens with one attached hydrogen (secondary N) is 1. The molecule has 1 saturated heterocycles. The van der Waals surface area contributed by atoms with Gasteiger partial charge < -0.3 is 15.3 Å². The fourth-order valence-corrected chi connectivity index (χ4v) is 3.08. The zero-order valence-corrected chi connectivity index (χ0v) is 12.1. The van der Waals surface area contributed by atoms with E-state index in [1.807, 2.05) is 0 Å². The van der Waals surface area contributed by atoms with Crippen LogP contribution in [0.25, 0.3) is 0 Å². The van der Waals surface area contributed by atoms with Gasteiger partial charge in [-0.05, 0) is 18.8 Å². The molecule has 2 N–H and O–H groups in total. The molecule has 1 heterocycles. The minimum Gasteiger partial charge on any atom is -0.480 e. The van der Waals surface area contributed by atoms with Crippen molar-refractivity contribution in [2.75, 3.05) is 32.4 Å². The Balaban J connectivity index is 1.87. The molecular weight excluding hydrogens is 286 g/mol. The quantitative estimate of drug-likeness (QED) is 0.702. The summed E-state index contributed by atoms with van der Waals surface area (Å²) in [5.41, 5.74) is 0. The Morgan fingerprint density at radius 1 is 1.20 bits per heavy atom. The lowest BCUT2D eigenvalue weighted by Crippen LogP contribution is -2.55. The molecule has 0 bridgehead atoms. The number of aliphatic carboxylic acids is 1. The smallest absolute Gasteiger partial charge is 0.326 e. The van der Waals surface area contributed by atoms with Crippen LogP contribution < -0.4 is 5.32 Å². The summed E-state index contributed by atoms with van der Waals surface area (Å²) < 4.78 is 24.0. The van der Waals surface area contributed by atoms with E-state index in [1.54, 1.807) is 0 Å². The fraction of sp³-hybridized carbons (Fsp3) is 0.818. The number of hydrogen-bond acceptors (Lipinski definition) is 4. The maximum atomic E-state index is 12.0. The zero-order valence-electron chi connectivity index (χ0n) is 11.3. The van der Waals surface area contributed by atoms with Gasteiger partial charge in [0.1, 0.15) is 6.04 Å². The number of nitrogens with zero attached hydrogens (tertiary/aromatic N) is 2. The van der Waals surface area contributed by atoms with Crippen LogP contribution in [0.3, 0.4) is 0 Å². The highest BCUT2D eigenvalue weighted by Gasteiger charge is 2.38. The van der Waals surface area contributed by atoms with Crippen LogP contribution in [-0.4, -0.2) is 73.2 Å². The average molecular weight is 305 g/mol. The number of piperazine rings is 1. The number of carboxylic acids is 1. The van der Waals surface area contributed by atoms with E-state index in [1.165, 1.54) is 9.21 Å². The van der Waals surface area contributed by atoms with Crippen LogP contribution >= 0.6 is 0 Å². The highest BCUT2D eigenvalue weighted by Crippen LogP contribution is 2.32. The molecule has 9 heteroatoms. The average Bonchev–Trinajstić information content (AvgIpc) is 3.18. The van der Waals surface area contributed by atoms with Gasteiger partial charge in [-0.25, -0.2) is 18.0 Å². The standard InChI is InChI=1S/C11H19N3O5S/c1-20(18,19)14-6-4-13(5-7-14)11(17)12-9(10(15)16)8-2-3-8/h8-9H,2-7H2,1H3,(H,12,17)(H,15,16). The lowest BCUT2D eigenvalue weighted by Gasteiger charge is -2.33. The molecule has 1 unspecified atom stereocenters. The Morgan fingerprint density at radius 3 is 2.15 bits per heavy atom. The molecule has 0 aromatic heterocycles. The number of carbonyl (C=O) groups is 2. The molecule has 2 aliphatic rings. The van der Waals surface area contributed by atoms with Gasteiger partial charge in [-0.2, -0.15) is 4.31 Å². The number of carboxylic acid groups (broad SMARTS) is 1. The summed E-state index contributed by atoms with van der Waals surface area (Å²) in [5, 5.41) is 11.6. The third kappa shape index (κ3) is 3.60. The Kier molecular flexibility index (Phi) is 4.19. The summed E-state index contributed by atoms with van der Waals surface area (Å²) in [5.74, 6) is -0.996. The topological polar surface area (TPSA) is 107 Å². The molecule has 2 amide bonds. The van der Waals surface area contributed by atoms with E-state index in [-0.39, 0.29) is 32.1 Å². The molecule has 2 rings (SSSR count). The second-order valence-electron chi connectivity index (χ2n) is 5.25. The first-order valence-corrected chi connectivity index (χ1v) is 8.37. The van der Waals surface area contributed by atoms with Crippen molar-refractivity contribution < 1.29 is 23.1 Å². The van der Waals surface area contributed by atoms with E-state index in [4.69, 9.17) is 5.11 Å². The molecule has 0 aromatic carbocycles. The van der Waals surface area contributed by atoms with E-state index in [0.717, 1.165) is 19.1 Å². The van der Waals surface area contributed by atoms with Crippen molar-refractivity contribution in [3.05, 3.63) is 0 Å². The predicted molar refractivity (Wildman–Crippen MR) is 70.7 cm³/mol. The predicted octanol–water partition coefficient (Wildman–Crippen LogP) is -0.864. The number of sulfonamides is 1. The lowest BCUT2D eigenvalue weighted by atomic mass is 10.2. The van der Waals surface area contributed by atoms with Gasteiger partial charge in [0.2, 0.25) is 10.0 Å². The summed E-state index contributed by atoms with van der Waals surface area (Å²) in [6, 6.07) is -1.27. The molecule has 0 radical (unpaired) electrons. The van der Waals surface area contributed by atoms with Crippen molar-refractivity contribution in [2.24, 2.45) is 5.92 Å². The molecule has 1 saturated carbocycles. The van der Waals surface area contributed by atoms with Crippen molar-refractivity contribution in [1.82, 2.24) is 14.5 Å². The van der Waals surface area contributed by atoms with Gasteiger partial charge in [0.05, 0.1) is 6.26 Å². The molecule has 0 spiro atoms. The largest absolute Gasteiger partial charge is 0.480 e. The normalized spacial score (nSPS) is 22.4. The van der Waals surface area contributed by atoms with Gasteiger partial charge in [-0.1, -0.05) is 0 Å². The number of rotatable bonds is 4. The first-order valence-electron chi connectivity index (χ1n) is 6.52. The SMILES string of the molecule is CS(=O)(=O)N1CCN(C(=O)NC(C(=O)O)C2CC2)CC1. The first kappa shape index (κ1) is 15.0. The third-order valence-electron chi connectivity index (χ3n) is 3.63. The number of urea groups is 1. The van der Waals surface area contributed by atoms with Crippen molar-refractivity contribution in [3.8, 4) is 0 Å². The molecule has 114 valence electrons. The zero-order chi connectivity index (χ0) is 14.9. The minimum atomic E-state index is -3.23. The van der Waals surface area contributed by atoms with Crippen LogP contribution in [0.4, 0.5) is 4.79 Å². The van der Waals surface area contributed by atoms with Crippen molar-refractivity contribution >= 4 is 22.0 Å². The fourth-order valence-electron chi connectivity index (χ4n) is 2.26. The van der Waals surface area contributed by atoms with Crippen molar-refractivity contribution in [3.63, 3.8) is 0 Å². The summed E-state index contributed by atoms with van der Waals surface area (Å²) >= 11 is 0. The van der Waals surface area contributed by atoms with Crippen LogP contribution in [0.1, 0.15) is 12.8 Å². The minimum absolute atomic E-state index is 0.0220. The van der Waals surface area contributed by atoms with Crippen LogP contribution in [0.2, 0.25) is 0 Å². The van der Waals surface area contributed by atoms with E-state index in [2.05, 4.69) is 5.32 Å².